The van der Waals surface area contributed by atoms with Crippen molar-refractivity contribution in [1.82, 2.24) is 4.57 Å². The molecular formula is C22H20F2N2O5S2. The fourth-order valence-corrected chi connectivity index (χ4v) is 5.71. The summed E-state index contributed by atoms with van der Waals surface area (Å²) in [5.41, 5.74) is 1.63. The largest absolute Gasteiger partial charge is 0.452 e. The number of aromatic nitrogens is 1. The van der Waals surface area contributed by atoms with Crippen LogP contribution in [0.15, 0.2) is 53.7 Å². The molecule has 1 aliphatic rings. The number of sulfone groups is 1. The molecule has 0 radical (unpaired) electrons. The van der Waals surface area contributed by atoms with E-state index in [-0.39, 0.29) is 5.69 Å². The maximum absolute atomic E-state index is 12.9. The van der Waals surface area contributed by atoms with Gasteiger partial charge in [-0.1, -0.05) is 0 Å². The van der Waals surface area contributed by atoms with E-state index in [1.807, 2.05) is 29.1 Å². The summed E-state index contributed by atoms with van der Waals surface area (Å²) in [7, 11) is -4.72. The first-order valence-electron chi connectivity index (χ1n) is 10.1. The zero-order valence-electron chi connectivity index (χ0n) is 17.3. The van der Waals surface area contributed by atoms with Crippen LogP contribution in [0.4, 0.5) is 14.5 Å². The Bertz CT molecular complexity index is 1270. The van der Waals surface area contributed by atoms with E-state index in [1.165, 1.54) is 12.1 Å². The SMILES string of the molecule is O=C(COC(=O)c1c(-n2cccc2)sc2c1CCCC2)Nc1ccc(S(=O)(=O)C(F)F)cc1. The van der Waals surface area contributed by atoms with E-state index in [1.54, 1.807) is 11.3 Å². The highest BCUT2D eigenvalue weighted by Crippen LogP contribution is 2.37. The maximum atomic E-state index is 12.9. The van der Waals surface area contributed by atoms with E-state index < -0.39 is 39.0 Å². The number of halogens is 2. The van der Waals surface area contributed by atoms with Gasteiger partial charge in [0.2, 0.25) is 9.84 Å². The van der Waals surface area contributed by atoms with Crippen LogP contribution >= 0.6 is 11.3 Å². The molecule has 7 nitrogen and oxygen atoms in total. The molecular weight excluding hydrogens is 474 g/mol. The van der Waals surface area contributed by atoms with E-state index in [0.29, 0.717) is 5.56 Å². The highest BCUT2D eigenvalue weighted by atomic mass is 32.2. The minimum absolute atomic E-state index is 0.185. The summed E-state index contributed by atoms with van der Waals surface area (Å²) in [4.78, 5) is 25.8. The molecule has 1 aliphatic carbocycles. The number of rotatable bonds is 7. The van der Waals surface area contributed by atoms with Crippen LogP contribution in [0.25, 0.3) is 5.00 Å². The van der Waals surface area contributed by atoms with Gasteiger partial charge in [-0.25, -0.2) is 13.2 Å². The first-order valence-corrected chi connectivity index (χ1v) is 12.5. The van der Waals surface area contributed by atoms with Gasteiger partial charge in [-0.2, -0.15) is 8.78 Å². The number of hydrogen-bond donors (Lipinski definition) is 1. The van der Waals surface area contributed by atoms with Crippen LogP contribution < -0.4 is 5.32 Å². The molecule has 0 bridgehead atoms. The number of carbonyl (C=O) groups excluding carboxylic acids is 2. The molecule has 33 heavy (non-hydrogen) atoms. The second-order valence-electron chi connectivity index (χ2n) is 7.44. The number of thiophene rings is 1. The van der Waals surface area contributed by atoms with Crippen LogP contribution in [0.5, 0.6) is 0 Å². The highest BCUT2D eigenvalue weighted by molar-refractivity contribution is 7.91. The third-order valence-electron chi connectivity index (χ3n) is 5.23. The number of nitrogens with one attached hydrogen (secondary N) is 1. The van der Waals surface area contributed by atoms with E-state index in [4.69, 9.17) is 4.74 Å². The maximum Gasteiger partial charge on any atom is 0.341 e. The number of anilines is 1. The standard InChI is InChI=1S/C22H20F2N2O5S2/c23-22(24)33(29,30)15-9-7-14(8-10-15)25-18(27)13-31-21(28)19-16-5-1-2-6-17(16)32-20(19)26-11-3-4-12-26/h3-4,7-12,22H,1-2,5-6,13H2,(H,25,27). The Balaban J connectivity index is 1.43. The number of amides is 1. The smallest absolute Gasteiger partial charge is 0.341 e. The van der Waals surface area contributed by atoms with Crippen molar-refractivity contribution in [3.8, 4) is 5.00 Å². The number of fused-ring (bicyclic) bond motifs is 1. The van der Waals surface area contributed by atoms with Crippen molar-refractivity contribution in [3.05, 3.63) is 64.8 Å². The quantitative estimate of drug-likeness (QED) is 0.497. The third-order valence-corrected chi connectivity index (χ3v) is 7.93. The molecule has 0 unspecified atom stereocenters. The molecule has 2 heterocycles. The van der Waals surface area contributed by atoms with Gasteiger partial charge in [-0.15, -0.1) is 11.3 Å². The number of aryl methyl sites for hydroxylation is 1. The van der Waals surface area contributed by atoms with Crippen LogP contribution in [0.3, 0.4) is 0 Å². The number of alkyl halides is 2. The molecule has 0 spiro atoms. The minimum Gasteiger partial charge on any atom is -0.452 e. The Morgan fingerprint density at radius 2 is 1.76 bits per heavy atom. The normalized spacial score (nSPS) is 13.5. The first kappa shape index (κ1) is 23.1. The molecule has 174 valence electrons. The van der Waals surface area contributed by atoms with Crippen molar-refractivity contribution < 1.29 is 31.5 Å². The summed E-state index contributed by atoms with van der Waals surface area (Å²) in [6.07, 6.45) is 7.41. The average molecular weight is 495 g/mol. The minimum atomic E-state index is -4.72. The van der Waals surface area contributed by atoms with Crippen LogP contribution in [-0.2, 0) is 32.2 Å². The third kappa shape index (κ3) is 4.83. The second-order valence-corrected chi connectivity index (χ2v) is 10.4. The number of hydrogen-bond acceptors (Lipinski definition) is 6. The molecule has 1 N–H and O–H groups in total. The molecule has 4 rings (SSSR count). The average Bonchev–Trinajstić information content (AvgIpc) is 3.45. The zero-order valence-corrected chi connectivity index (χ0v) is 18.9. The fraction of sp³-hybridized carbons (Fsp3) is 0.273. The number of carbonyl (C=O) groups is 2. The van der Waals surface area contributed by atoms with E-state index in [9.17, 15) is 26.8 Å². The Labute approximate surface area is 192 Å². The van der Waals surface area contributed by atoms with E-state index >= 15 is 0 Å². The number of esters is 1. The Morgan fingerprint density at radius 3 is 2.42 bits per heavy atom. The molecule has 2 aromatic heterocycles. The van der Waals surface area contributed by atoms with Gasteiger partial charge in [0.15, 0.2) is 6.61 Å². The summed E-state index contributed by atoms with van der Waals surface area (Å²) in [6.45, 7) is -0.550. The van der Waals surface area contributed by atoms with Crippen LogP contribution in [0.1, 0.15) is 33.6 Å². The van der Waals surface area contributed by atoms with Crippen LogP contribution in [0, 0.1) is 0 Å². The predicted molar refractivity (Wildman–Crippen MR) is 119 cm³/mol. The molecule has 0 saturated carbocycles. The van der Waals surface area contributed by atoms with Crippen molar-refractivity contribution in [2.24, 2.45) is 0 Å². The van der Waals surface area contributed by atoms with Crippen molar-refractivity contribution in [3.63, 3.8) is 0 Å². The summed E-state index contributed by atoms with van der Waals surface area (Å²) in [5.74, 6) is -4.76. The molecule has 1 aromatic carbocycles. The number of benzene rings is 1. The topological polar surface area (TPSA) is 94.5 Å². The Hall–Kier alpha value is -3.05. The monoisotopic (exact) mass is 494 g/mol. The van der Waals surface area contributed by atoms with Crippen molar-refractivity contribution in [2.45, 2.75) is 36.3 Å². The van der Waals surface area contributed by atoms with Crippen LogP contribution in [-0.4, -0.2) is 37.2 Å². The van der Waals surface area contributed by atoms with Crippen molar-refractivity contribution in [1.29, 1.82) is 0 Å². The molecule has 1 amide bonds. The summed E-state index contributed by atoms with van der Waals surface area (Å²) >= 11 is 1.55. The Kier molecular flexibility index (Phi) is 6.61. The fourth-order valence-electron chi connectivity index (χ4n) is 3.64. The molecule has 0 fully saturated rings. The van der Waals surface area contributed by atoms with Gasteiger partial charge in [-0.3, -0.25) is 4.79 Å². The lowest BCUT2D eigenvalue weighted by molar-refractivity contribution is -0.119. The van der Waals surface area contributed by atoms with Crippen molar-refractivity contribution >= 4 is 38.7 Å². The van der Waals surface area contributed by atoms with Crippen LogP contribution in [0.2, 0.25) is 0 Å². The van der Waals surface area contributed by atoms with Gasteiger partial charge in [0.1, 0.15) is 5.00 Å². The first-order chi connectivity index (χ1) is 15.8. The van der Waals surface area contributed by atoms with Gasteiger partial charge in [-0.05, 0) is 67.6 Å². The van der Waals surface area contributed by atoms with Gasteiger partial charge >= 0.3 is 11.7 Å². The Morgan fingerprint density at radius 1 is 1.09 bits per heavy atom. The van der Waals surface area contributed by atoms with E-state index in [0.717, 1.165) is 53.3 Å². The molecule has 11 heteroatoms. The van der Waals surface area contributed by atoms with Crippen molar-refractivity contribution in [2.75, 3.05) is 11.9 Å². The number of nitrogens with zero attached hydrogens (tertiary/aromatic N) is 1. The lowest BCUT2D eigenvalue weighted by Gasteiger charge is -2.13. The molecule has 0 saturated heterocycles. The second kappa shape index (κ2) is 9.44. The van der Waals surface area contributed by atoms with Gasteiger partial charge in [0, 0.05) is 23.0 Å². The lowest BCUT2D eigenvalue weighted by atomic mass is 9.95. The lowest BCUT2D eigenvalue weighted by Crippen LogP contribution is -2.22. The van der Waals surface area contributed by atoms with Gasteiger partial charge < -0.3 is 14.6 Å². The van der Waals surface area contributed by atoms with E-state index in [2.05, 4.69) is 5.32 Å². The zero-order chi connectivity index (χ0) is 23.6. The predicted octanol–water partition coefficient (Wildman–Crippen LogP) is 4.21. The summed E-state index contributed by atoms with van der Waals surface area (Å²) in [6, 6.07) is 8.05. The molecule has 3 aromatic rings. The summed E-state index contributed by atoms with van der Waals surface area (Å²) in [5, 5.41) is 3.21. The molecule has 0 aliphatic heterocycles. The van der Waals surface area contributed by atoms with Gasteiger partial charge in [0.25, 0.3) is 5.91 Å². The summed E-state index contributed by atoms with van der Waals surface area (Å²) < 4.78 is 55.3. The van der Waals surface area contributed by atoms with Gasteiger partial charge in [0.05, 0.1) is 10.5 Å². The molecule has 0 atom stereocenters. The number of ether oxygens (including phenoxy) is 1. The highest BCUT2D eigenvalue weighted by Gasteiger charge is 2.28.